The summed E-state index contributed by atoms with van der Waals surface area (Å²) in [4.78, 5) is 0. The number of aliphatic hydroxyl groups is 2. The third-order valence-electron chi connectivity index (χ3n) is 1.63. The molecule has 3 heteroatoms. The van der Waals surface area contributed by atoms with Gasteiger partial charge in [-0.1, -0.05) is 6.92 Å². The van der Waals surface area contributed by atoms with Crippen molar-refractivity contribution in [3.8, 4) is 0 Å². The van der Waals surface area contributed by atoms with E-state index in [1.807, 2.05) is 6.92 Å². The third kappa shape index (κ3) is 3.82. The van der Waals surface area contributed by atoms with E-state index in [9.17, 15) is 0 Å². The Bertz CT molecular complexity index is 85.7. The summed E-state index contributed by atoms with van der Waals surface area (Å²) in [6.07, 6.45) is -0.0228. The standard InChI is InChI=1S/C7H17NO2/c1-3-6(8)4-7(10)5(2)9/h5-7,9-10H,3-4,8H2,1-2H3/t5-,6?,7-/m0/s1. The van der Waals surface area contributed by atoms with E-state index in [1.54, 1.807) is 6.92 Å². The number of rotatable bonds is 4. The van der Waals surface area contributed by atoms with Crippen LogP contribution >= 0.6 is 0 Å². The van der Waals surface area contributed by atoms with Crippen molar-refractivity contribution < 1.29 is 10.2 Å². The molecule has 0 bridgehead atoms. The van der Waals surface area contributed by atoms with Gasteiger partial charge < -0.3 is 15.9 Å². The average molecular weight is 147 g/mol. The Morgan fingerprint density at radius 1 is 1.40 bits per heavy atom. The minimum atomic E-state index is -0.671. The maximum atomic E-state index is 9.10. The quantitative estimate of drug-likeness (QED) is 0.518. The van der Waals surface area contributed by atoms with Gasteiger partial charge in [0.05, 0.1) is 12.2 Å². The lowest BCUT2D eigenvalue weighted by Crippen LogP contribution is -2.31. The highest BCUT2D eigenvalue weighted by molar-refractivity contribution is 4.69. The lowest BCUT2D eigenvalue weighted by molar-refractivity contribution is 0.0220. The van der Waals surface area contributed by atoms with Gasteiger partial charge in [0.25, 0.3) is 0 Å². The van der Waals surface area contributed by atoms with E-state index < -0.39 is 12.2 Å². The van der Waals surface area contributed by atoms with Crippen LogP contribution in [0.1, 0.15) is 26.7 Å². The molecule has 0 aromatic heterocycles. The normalized spacial score (nSPS) is 20.1. The molecule has 0 radical (unpaired) electrons. The molecule has 0 amide bonds. The first kappa shape index (κ1) is 9.88. The van der Waals surface area contributed by atoms with Crippen molar-refractivity contribution in [2.45, 2.75) is 44.9 Å². The van der Waals surface area contributed by atoms with Gasteiger partial charge >= 0.3 is 0 Å². The summed E-state index contributed by atoms with van der Waals surface area (Å²) in [6.45, 7) is 3.52. The summed E-state index contributed by atoms with van der Waals surface area (Å²) in [5.74, 6) is 0. The van der Waals surface area contributed by atoms with Gasteiger partial charge in [-0.3, -0.25) is 0 Å². The minimum absolute atomic E-state index is 0.00426. The van der Waals surface area contributed by atoms with E-state index in [2.05, 4.69) is 0 Å². The lowest BCUT2D eigenvalue weighted by Gasteiger charge is -2.16. The molecule has 0 aromatic carbocycles. The molecule has 3 atom stereocenters. The summed E-state index contributed by atoms with van der Waals surface area (Å²) in [6, 6.07) is 0.00426. The van der Waals surface area contributed by atoms with Gasteiger partial charge in [0.2, 0.25) is 0 Å². The van der Waals surface area contributed by atoms with Crippen LogP contribution in [-0.4, -0.2) is 28.5 Å². The van der Waals surface area contributed by atoms with Gasteiger partial charge in [0.1, 0.15) is 0 Å². The molecule has 0 spiro atoms. The summed E-state index contributed by atoms with van der Waals surface area (Å²) < 4.78 is 0. The van der Waals surface area contributed by atoms with Crippen LogP contribution in [0.3, 0.4) is 0 Å². The van der Waals surface area contributed by atoms with Crippen LogP contribution in [0.15, 0.2) is 0 Å². The molecule has 0 heterocycles. The van der Waals surface area contributed by atoms with Crippen LogP contribution in [0, 0.1) is 0 Å². The zero-order valence-corrected chi connectivity index (χ0v) is 6.62. The molecule has 0 fully saturated rings. The molecule has 10 heavy (non-hydrogen) atoms. The van der Waals surface area contributed by atoms with Crippen molar-refractivity contribution in [2.75, 3.05) is 0 Å². The molecule has 0 rings (SSSR count). The van der Waals surface area contributed by atoms with Gasteiger partial charge in [-0.05, 0) is 19.8 Å². The molecule has 0 saturated carbocycles. The van der Waals surface area contributed by atoms with Crippen LogP contribution in [0.5, 0.6) is 0 Å². The third-order valence-corrected chi connectivity index (χ3v) is 1.63. The van der Waals surface area contributed by atoms with Crippen molar-refractivity contribution in [2.24, 2.45) is 5.73 Å². The second-order valence-corrected chi connectivity index (χ2v) is 2.71. The fraction of sp³-hybridized carbons (Fsp3) is 1.00. The maximum absolute atomic E-state index is 9.10. The molecule has 0 aliphatic rings. The second-order valence-electron chi connectivity index (χ2n) is 2.71. The highest BCUT2D eigenvalue weighted by Gasteiger charge is 2.13. The van der Waals surface area contributed by atoms with E-state index in [1.165, 1.54) is 0 Å². The van der Waals surface area contributed by atoms with Crippen molar-refractivity contribution in [3.05, 3.63) is 0 Å². The van der Waals surface area contributed by atoms with Crippen molar-refractivity contribution in [1.82, 2.24) is 0 Å². The summed E-state index contributed by atoms with van der Waals surface area (Å²) in [5, 5.41) is 18.0. The van der Waals surface area contributed by atoms with Crippen LogP contribution in [0.4, 0.5) is 0 Å². The SMILES string of the molecule is CCC(N)C[C@H](O)[C@H](C)O. The monoisotopic (exact) mass is 147 g/mol. The molecule has 62 valence electrons. The Hall–Kier alpha value is -0.120. The molecule has 0 aliphatic carbocycles. The first-order valence-electron chi connectivity index (χ1n) is 3.69. The van der Waals surface area contributed by atoms with Crippen LogP contribution < -0.4 is 5.73 Å². The van der Waals surface area contributed by atoms with Gasteiger partial charge in [0.15, 0.2) is 0 Å². The summed E-state index contributed by atoms with van der Waals surface area (Å²) in [7, 11) is 0. The molecular weight excluding hydrogens is 130 g/mol. The van der Waals surface area contributed by atoms with Crippen LogP contribution in [-0.2, 0) is 0 Å². The molecule has 0 aliphatic heterocycles. The lowest BCUT2D eigenvalue weighted by atomic mass is 10.0. The van der Waals surface area contributed by atoms with Gasteiger partial charge in [-0.25, -0.2) is 0 Å². The van der Waals surface area contributed by atoms with Crippen LogP contribution in [0.25, 0.3) is 0 Å². The fourth-order valence-electron chi connectivity index (χ4n) is 0.674. The number of aliphatic hydroxyl groups excluding tert-OH is 2. The fourth-order valence-corrected chi connectivity index (χ4v) is 0.674. The number of nitrogens with two attached hydrogens (primary N) is 1. The largest absolute Gasteiger partial charge is 0.391 e. The Kier molecular flexibility index (Phi) is 4.60. The van der Waals surface area contributed by atoms with Crippen molar-refractivity contribution >= 4 is 0 Å². The van der Waals surface area contributed by atoms with Gasteiger partial charge in [-0.2, -0.15) is 0 Å². The Morgan fingerprint density at radius 3 is 2.20 bits per heavy atom. The van der Waals surface area contributed by atoms with Crippen molar-refractivity contribution in [1.29, 1.82) is 0 Å². The predicted octanol–water partition coefficient (Wildman–Crippen LogP) is -0.144. The first-order chi connectivity index (χ1) is 4.57. The molecule has 1 unspecified atom stereocenters. The maximum Gasteiger partial charge on any atom is 0.0811 e. The average Bonchev–Trinajstić information content (AvgIpc) is 1.87. The highest BCUT2D eigenvalue weighted by atomic mass is 16.3. The summed E-state index contributed by atoms with van der Waals surface area (Å²) in [5.41, 5.74) is 5.54. The van der Waals surface area contributed by atoms with Crippen molar-refractivity contribution in [3.63, 3.8) is 0 Å². The van der Waals surface area contributed by atoms with E-state index in [0.717, 1.165) is 6.42 Å². The number of hydrogen-bond acceptors (Lipinski definition) is 3. The molecule has 3 nitrogen and oxygen atoms in total. The van der Waals surface area contributed by atoms with Gasteiger partial charge in [0, 0.05) is 6.04 Å². The Labute approximate surface area is 61.9 Å². The zero-order chi connectivity index (χ0) is 8.15. The first-order valence-corrected chi connectivity index (χ1v) is 3.69. The zero-order valence-electron chi connectivity index (χ0n) is 6.62. The number of hydrogen-bond donors (Lipinski definition) is 3. The molecule has 4 N–H and O–H groups in total. The molecule has 0 aromatic rings. The Balaban J connectivity index is 3.46. The minimum Gasteiger partial charge on any atom is -0.391 e. The molecular formula is C7H17NO2. The molecule has 0 saturated heterocycles. The predicted molar refractivity (Wildman–Crippen MR) is 40.6 cm³/mol. The van der Waals surface area contributed by atoms with E-state index in [0.29, 0.717) is 6.42 Å². The Morgan fingerprint density at radius 2 is 1.90 bits per heavy atom. The smallest absolute Gasteiger partial charge is 0.0811 e. The van der Waals surface area contributed by atoms with Crippen LogP contribution in [0.2, 0.25) is 0 Å². The van der Waals surface area contributed by atoms with E-state index >= 15 is 0 Å². The van der Waals surface area contributed by atoms with E-state index in [4.69, 9.17) is 15.9 Å². The second kappa shape index (κ2) is 4.66. The topological polar surface area (TPSA) is 66.5 Å². The summed E-state index contributed by atoms with van der Waals surface area (Å²) >= 11 is 0. The van der Waals surface area contributed by atoms with E-state index in [-0.39, 0.29) is 6.04 Å². The van der Waals surface area contributed by atoms with Gasteiger partial charge in [-0.15, -0.1) is 0 Å². The highest BCUT2D eigenvalue weighted by Crippen LogP contribution is 2.02.